The van der Waals surface area contributed by atoms with Gasteiger partial charge in [-0.25, -0.2) is 4.98 Å². The molecule has 0 saturated carbocycles. The summed E-state index contributed by atoms with van der Waals surface area (Å²) in [6.07, 6.45) is 3.84. The quantitative estimate of drug-likeness (QED) is 0.773. The number of hydrogen-bond acceptors (Lipinski definition) is 5. The fourth-order valence-electron chi connectivity index (χ4n) is 3.13. The molecular weight excluding hydrogens is 300 g/mol. The smallest absolute Gasteiger partial charge is 0.157 e. The first-order valence-electron chi connectivity index (χ1n) is 8.20. The zero-order valence-corrected chi connectivity index (χ0v) is 13.2. The van der Waals surface area contributed by atoms with Crippen molar-refractivity contribution in [2.75, 3.05) is 18.4 Å². The Morgan fingerprint density at radius 2 is 2.17 bits per heavy atom. The van der Waals surface area contributed by atoms with Crippen LogP contribution in [0.3, 0.4) is 0 Å². The van der Waals surface area contributed by atoms with Crippen molar-refractivity contribution in [3.05, 3.63) is 48.2 Å². The van der Waals surface area contributed by atoms with Crippen molar-refractivity contribution in [1.29, 1.82) is 5.26 Å². The van der Waals surface area contributed by atoms with Crippen molar-refractivity contribution >= 4 is 16.8 Å². The summed E-state index contributed by atoms with van der Waals surface area (Å²) < 4.78 is 5.99. The van der Waals surface area contributed by atoms with Gasteiger partial charge in [0, 0.05) is 18.2 Å². The Labute approximate surface area is 140 Å². The van der Waals surface area contributed by atoms with Crippen molar-refractivity contribution in [1.82, 2.24) is 10.3 Å². The molecule has 0 bridgehead atoms. The van der Waals surface area contributed by atoms with Gasteiger partial charge in [-0.1, -0.05) is 30.3 Å². The average Bonchev–Trinajstić information content (AvgIpc) is 3.09. The molecule has 5 heteroatoms. The lowest BCUT2D eigenvalue weighted by Crippen LogP contribution is -2.38. The second kappa shape index (κ2) is 6.34. The Morgan fingerprint density at radius 1 is 1.29 bits per heavy atom. The minimum Gasteiger partial charge on any atom is -0.454 e. The largest absolute Gasteiger partial charge is 0.454 e. The predicted octanol–water partition coefficient (Wildman–Crippen LogP) is 3.53. The highest BCUT2D eigenvalue weighted by Crippen LogP contribution is 2.33. The Balaban J connectivity index is 1.77. The highest BCUT2D eigenvalue weighted by Gasteiger charge is 2.18. The molecule has 3 heterocycles. The maximum absolute atomic E-state index is 9.35. The van der Waals surface area contributed by atoms with Crippen LogP contribution in [-0.2, 0) is 0 Å². The summed E-state index contributed by atoms with van der Waals surface area (Å²) >= 11 is 0. The van der Waals surface area contributed by atoms with Gasteiger partial charge in [-0.2, -0.15) is 5.26 Å². The molecule has 0 radical (unpaired) electrons. The molecule has 2 N–H and O–H groups in total. The van der Waals surface area contributed by atoms with E-state index in [0.717, 1.165) is 48.5 Å². The van der Waals surface area contributed by atoms with Gasteiger partial charge in [0.25, 0.3) is 0 Å². The van der Waals surface area contributed by atoms with E-state index in [9.17, 15) is 5.26 Å². The molecular formula is C19H18N4O. The maximum atomic E-state index is 9.35. The summed E-state index contributed by atoms with van der Waals surface area (Å²) in [7, 11) is 0. The molecule has 1 aliphatic heterocycles. The first-order chi connectivity index (χ1) is 11.8. The molecule has 0 unspecified atom stereocenters. The molecule has 1 saturated heterocycles. The first-order valence-corrected chi connectivity index (χ1v) is 8.20. The van der Waals surface area contributed by atoms with E-state index in [1.807, 2.05) is 36.4 Å². The molecule has 24 heavy (non-hydrogen) atoms. The third-order valence-electron chi connectivity index (χ3n) is 4.37. The van der Waals surface area contributed by atoms with E-state index in [1.54, 1.807) is 6.20 Å². The predicted molar refractivity (Wildman–Crippen MR) is 93.7 cm³/mol. The number of hydrogen-bond donors (Lipinski definition) is 2. The Kier molecular flexibility index (Phi) is 3.89. The summed E-state index contributed by atoms with van der Waals surface area (Å²) in [5.41, 5.74) is 2.04. The van der Waals surface area contributed by atoms with Gasteiger partial charge in [0.15, 0.2) is 5.58 Å². The van der Waals surface area contributed by atoms with E-state index in [0.29, 0.717) is 17.2 Å². The second-order valence-corrected chi connectivity index (χ2v) is 6.04. The number of anilines is 1. The lowest BCUT2D eigenvalue weighted by Gasteiger charge is -2.24. The van der Waals surface area contributed by atoms with Gasteiger partial charge in [0.2, 0.25) is 0 Å². The summed E-state index contributed by atoms with van der Waals surface area (Å²) in [4.78, 5) is 4.46. The average molecular weight is 318 g/mol. The minimum absolute atomic E-state index is 0.345. The number of nitrogens with one attached hydrogen (secondary N) is 2. The van der Waals surface area contributed by atoms with Crippen molar-refractivity contribution in [3.63, 3.8) is 0 Å². The lowest BCUT2D eigenvalue weighted by molar-refractivity contribution is 0.479. The first kappa shape index (κ1) is 14.7. The van der Waals surface area contributed by atoms with Crippen LogP contribution in [0.1, 0.15) is 18.4 Å². The molecule has 1 aromatic carbocycles. The maximum Gasteiger partial charge on any atom is 0.157 e. The summed E-state index contributed by atoms with van der Waals surface area (Å²) in [5, 5.41) is 17.1. The molecule has 1 fully saturated rings. The number of piperidine rings is 1. The number of fused-ring (bicyclic) bond motifs is 1. The standard InChI is InChI=1S/C19H18N4O/c20-10-14-11-22-19(23-15-7-4-8-21-12-15)16-9-17(24-18(14)16)13-5-2-1-3-6-13/h1-3,5-6,9,11,15,21H,4,7-8,12H2,(H,22,23)/t15-/m0/s1. The van der Waals surface area contributed by atoms with Gasteiger partial charge in [0.1, 0.15) is 23.2 Å². The van der Waals surface area contributed by atoms with E-state index in [-0.39, 0.29) is 0 Å². The third kappa shape index (κ3) is 2.72. The molecule has 2 aromatic heterocycles. The zero-order valence-electron chi connectivity index (χ0n) is 13.2. The van der Waals surface area contributed by atoms with Crippen molar-refractivity contribution in [3.8, 4) is 17.4 Å². The van der Waals surface area contributed by atoms with E-state index in [4.69, 9.17) is 4.42 Å². The molecule has 0 spiro atoms. The van der Waals surface area contributed by atoms with Gasteiger partial charge >= 0.3 is 0 Å². The van der Waals surface area contributed by atoms with Gasteiger partial charge in [0.05, 0.1) is 11.6 Å². The number of nitriles is 1. The molecule has 0 aliphatic carbocycles. The van der Waals surface area contributed by atoms with Crippen LogP contribution in [0.2, 0.25) is 0 Å². The molecule has 3 aromatic rings. The molecule has 1 atom stereocenters. The van der Waals surface area contributed by atoms with E-state index in [2.05, 4.69) is 21.7 Å². The van der Waals surface area contributed by atoms with E-state index in [1.165, 1.54) is 0 Å². The summed E-state index contributed by atoms with van der Waals surface area (Å²) in [5.74, 6) is 1.53. The van der Waals surface area contributed by atoms with E-state index >= 15 is 0 Å². The molecule has 120 valence electrons. The van der Waals surface area contributed by atoms with Gasteiger partial charge in [-0.05, 0) is 25.5 Å². The normalized spacial score (nSPS) is 17.5. The molecule has 5 nitrogen and oxygen atoms in total. The van der Waals surface area contributed by atoms with Crippen LogP contribution in [0.5, 0.6) is 0 Å². The number of pyridine rings is 1. The van der Waals surface area contributed by atoms with Crippen LogP contribution in [0.4, 0.5) is 5.82 Å². The van der Waals surface area contributed by atoms with Gasteiger partial charge in [-0.3, -0.25) is 0 Å². The Hall–Kier alpha value is -2.84. The molecule has 0 amide bonds. The van der Waals surface area contributed by atoms with Crippen molar-refractivity contribution < 1.29 is 4.42 Å². The zero-order chi connectivity index (χ0) is 16.4. The van der Waals surface area contributed by atoms with Crippen LogP contribution in [0.25, 0.3) is 22.3 Å². The number of benzene rings is 1. The van der Waals surface area contributed by atoms with E-state index < -0.39 is 0 Å². The fourth-order valence-corrected chi connectivity index (χ4v) is 3.13. The van der Waals surface area contributed by atoms with Crippen LogP contribution < -0.4 is 10.6 Å². The van der Waals surface area contributed by atoms with Gasteiger partial charge in [-0.15, -0.1) is 0 Å². The fraction of sp³-hybridized carbons (Fsp3) is 0.263. The highest BCUT2D eigenvalue weighted by atomic mass is 16.3. The van der Waals surface area contributed by atoms with Crippen LogP contribution >= 0.6 is 0 Å². The van der Waals surface area contributed by atoms with Gasteiger partial charge < -0.3 is 15.1 Å². The number of aromatic nitrogens is 1. The van der Waals surface area contributed by atoms with Crippen molar-refractivity contribution in [2.24, 2.45) is 0 Å². The Morgan fingerprint density at radius 3 is 2.92 bits per heavy atom. The van der Waals surface area contributed by atoms with Crippen molar-refractivity contribution in [2.45, 2.75) is 18.9 Å². The SMILES string of the molecule is N#Cc1cnc(N[C@H]2CCCNC2)c2cc(-c3ccccc3)oc12. The van der Waals surface area contributed by atoms with Crippen LogP contribution in [0, 0.1) is 11.3 Å². The lowest BCUT2D eigenvalue weighted by atomic mass is 10.1. The van der Waals surface area contributed by atoms with Crippen LogP contribution in [0.15, 0.2) is 47.0 Å². The second-order valence-electron chi connectivity index (χ2n) is 6.04. The highest BCUT2D eigenvalue weighted by molar-refractivity contribution is 5.94. The molecule has 4 rings (SSSR count). The Bertz CT molecular complexity index is 889. The number of nitrogens with zero attached hydrogens (tertiary/aromatic N) is 2. The minimum atomic E-state index is 0.345. The molecule has 1 aliphatic rings. The third-order valence-corrected chi connectivity index (χ3v) is 4.37. The number of furan rings is 1. The summed E-state index contributed by atoms with van der Waals surface area (Å²) in [6, 6.07) is 14.4. The number of rotatable bonds is 3. The van der Waals surface area contributed by atoms with Crippen LogP contribution in [-0.4, -0.2) is 24.1 Å². The summed E-state index contributed by atoms with van der Waals surface area (Å²) in [6.45, 7) is 1.99. The topological polar surface area (TPSA) is 73.9 Å². The monoisotopic (exact) mass is 318 g/mol.